The third kappa shape index (κ3) is 6.06. The number of aliphatic hydroxyl groups is 1. The van der Waals surface area contributed by atoms with Gasteiger partial charge in [-0.05, 0) is 19.3 Å². The van der Waals surface area contributed by atoms with Crippen LogP contribution in [-0.2, 0) is 4.79 Å². The van der Waals surface area contributed by atoms with Crippen molar-refractivity contribution in [2.24, 2.45) is 5.92 Å². The van der Waals surface area contributed by atoms with Crippen molar-refractivity contribution in [1.82, 2.24) is 5.32 Å². The van der Waals surface area contributed by atoms with E-state index in [4.69, 9.17) is 0 Å². The molecule has 1 unspecified atom stereocenters. The molecule has 0 bridgehead atoms. The van der Waals surface area contributed by atoms with Crippen LogP contribution >= 0.6 is 0 Å². The average molecular weight is 241 g/mol. The first-order chi connectivity index (χ1) is 8.24. The van der Waals surface area contributed by atoms with Crippen LogP contribution in [0.15, 0.2) is 0 Å². The third-order valence-corrected chi connectivity index (χ3v) is 3.61. The fraction of sp³-hybridized carbons (Fsp3) is 0.929. The van der Waals surface area contributed by atoms with E-state index in [0.717, 1.165) is 25.7 Å². The van der Waals surface area contributed by atoms with Crippen molar-refractivity contribution in [3.8, 4) is 0 Å². The third-order valence-electron chi connectivity index (χ3n) is 3.61. The molecule has 3 nitrogen and oxygen atoms in total. The van der Waals surface area contributed by atoms with E-state index in [0.29, 0.717) is 6.54 Å². The minimum absolute atomic E-state index is 0.155. The fourth-order valence-electron chi connectivity index (χ4n) is 2.52. The van der Waals surface area contributed by atoms with Gasteiger partial charge in [-0.2, -0.15) is 0 Å². The van der Waals surface area contributed by atoms with Crippen molar-refractivity contribution < 1.29 is 9.90 Å². The number of hydrogen-bond acceptors (Lipinski definition) is 2. The molecular formula is C14H27NO2. The van der Waals surface area contributed by atoms with E-state index in [1.165, 1.54) is 32.1 Å². The van der Waals surface area contributed by atoms with Gasteiger partial charge in [0.25, 0.3) is 0 Å². The number of amides is 1. The molecule has 2 N–H and O–H groups in total. The molecule has 0 saturated heterocycles. The Morgan fingerprint density at radius 1 is 1.24 bits per heavy atom. The van der Waals surface area contributed by atoms with Crippen LogP contribution in [0.5, 0.6) is 0 Å². The van der Waals surface area contributed by atoms with Crippen LogP contribution in [0.2, 0.25) is 0 Å². The summed E-state index contributed by atoms with van der Waals surface area (Å²) in [5.41, 5.74) is 0. The van der Waals surface area contributed by atoms with E-state index in [2.05, 4.69) is 5.32 Å². The van der Waals surface area contributed by atoms with E-state index in [1.54, 1.807) is 0 Å². The molecular weight excluding hydrogens is 214 g/mol. The van der Waals surface area contributed by atoms with Crippen LogP contribution in [0.4, 0.5) is 0 Å². The first kappa shape index (κ1) is 14.5. The Kier molecular flexibility index (Phi) is 7.25. The predicted molar refractivity (Wildman–Crippen MR) is 69.7 cm³/mol. The second-order valence-corrected chi connectivity index (χ2v) is 5.23. The fourth-order valence-corrected chi connectivity index (χ4v) is 2.52. The Balaban J connectivity index is 2.24. The zero-order valence-corrected chi connectivity index (χ0v) is 11.1. The van der Waals surface area contributed by atoms with Crippen LogP contribution in [0.3, 0.4) is 0 Å². The molecule has 1 aliphatic rings. The quantitative estimate of drug-likeness (QED) is 0.777. The van der Waals surface area contributed by atoms with Crippen LogP contribution in [-0.4, -0.2) is 23.7 Å². The summed E-state index contributed by atoms with van der Waals surface area (Å²) < 4.78 is 0. The lowest BCUT2D eigenvalue weighted by Crippen LogP contribution is -2.36. The van der Waals surface area contributed by atoms with Gasteiger partial charge in [-0.15, -0.1) is 0 Å². The molecule has 0 heterocycles. The second-order valence-electron chi connectivity index (χ2n) is 5.23. The summed E-state index contributed by atoms with van der Waals surface area (Å²) in [4.78, 5) is 11.9. The highest BCUT2D eigenvalue weighted by Crippen LogP contribution is 2.22. The zero-order chi connectivity index (χ0) is 12.5. The molecule has 0 aromatic carbocycles. The summed E-state index contributed by atoms with van der Waals surface area (Å²) in [5.74, 6) is 0.339. The van der Waals surface area contributed by atoms with Crippen LogP contribution < -0.4 is 5.32 Å². The van der Waals surface area contributed by atoms with Gasteiger partial charge in [-0.1, -0.05) is 45.4 Å². The standard InChI is InChI=1S/C14H27NO2/c1-2-8-13(16)11-15-14(17)12-9-6-4-3-5-7-10-12/h12-13,16H,2-11H2,1H3,(H,15,17). The summed E-state index contributed by atoms with van der Waals surface area (Å²) >= 11 is 0. The van der Waals surface area contributed by atoms with Crippen molar-refractivity contribution in [3.63, 3.8) is 0 Å². The first-order valence-corrected chi connectivity index (χ1v) is 7.19. The lowest BCUT2D eigenvalue weighted by molar-refractivity contribution is -0.126. The van der Waals surface area contributed by atoms with E-state index in [9.17, 15) is 9.90 Å². The van der Waals surface area contributed by atoms with Crippen LogP contribution in [0.1, 0.15) is 64.7 Å². The highest BCUT2D eigenvalue weighted by atomic mass is 16.3. The topological polar surface area (TPSA) is 49.3 Å². The summed E-state index contributed by atoms with van der Waals surface area (Å²) in [5, 5.41) is 12.5. The molecule has 3 heteroatoms. The Labute approximate surface area is 105 Å². The summed E-state index contributed by atoms with van der Waals surface area (Å²) in [6.45, 7) is 2.46. The second kappa shape index (κ2) is 8.51. The average Bonchev–Trinajstić information content (AvgIpc) is 2.26. The molecule has 0 aliphatic heterocycles. The Morgan fingerprint density at radius 3 is 2.41 bits per heavy atom. The van der Waals surface area contributed by atoms with Gasteiger partial charge in [0.05, 0.1) is 6.10 Å². The van der Waals surface area contributed by atoms with E-state index >= 15 is 0 Å². The van der Waals surface area contributed by atoms with Crippen molar-refractivity contribution in [3.05, 3.63) is 0 Å². The maximum atomic E-state index is 11.9. The molecule has 0 spiro atoms. The molecule has 0 aromatic heterocycles. The van der Waals surface area contributed by atoms with Gasteiger partial charge in [0.1, 0.15) is 0 Å². The normalized spacial score (nSPS) is 20.4. The van der Waals surface area contributed by atoms with Gasteiger partial charge < -0.3 is 10.4 Å². The molecule has 1 rings (SSSR count). The van der Waals surface area contributed by atoms with E-state index < -0.39 is 0 Å². The Hall–Kier alpha value is -0.570. The van der Waals surface area contributed by atoms with Gasteiger partial charge in [0.2, 0.25) is 5.91 Å². The summed E-state index contributed by atoms with van der Waals surface area (Å²) in [6.07, 6.45) is 9.60. The number of aliphatic hydroxyl groups excluding tert-OH is 1. The monoisotopic (exact) mass is 241 g/mol. The summed E-state index contributed by atoms with van der Waals surface area (Å²) in [7, 11) is 0. The molecule has 1 aliphatic carbocycles. The predicted octanol–water partition coefficient (Wildman–Crippen LogP) is 2.62. The maximum Gasteiger partial charge on any atom is 0.223 e. The van der Waals surface area contributed by atoms with Crippen molar-refractivity contribution in [2.75, 3.05) is 6.54 Å². The number of hydrogen-bond donors (Lipinski definition) is 2. The number of carbonyl (C=O) groups is 1. The zero-order valence-electron chi connectivity index (χ0n) is 11.1. The maximum absolute atomic E-state index is 11.9. The summed E-state index contributed by atoms with van der Waals surface area (Å²) in [6, 6.07) is 0. The van der Waals surface area contributed by atoms with Gasteiger partial charge in [0, 0.05) is 12.5 Å². The van der Waals surface area contributed by atoms with Crippen LogP contribution in [0.25, 0.3) is 0 Å². The highest BCUT2D eigenvalue weighted by molar-refractivity contribution is 5.78. The minimum atomic E-state index is -0.377. The van der Waals surface area contributed by atoms with Gasteiger partial charge in [-0.25, -0.2) is 0 Å². The van der Waals surface area contributed by atoms with Crippen LogP contribution in [0, 0.1) is 5.92 Å². The Bertz CT molecular complexity index is 210. The molecule has 1 atom stereocenters. The van der Waals surface area contributed by atoms with Crippen molar-refractivity contribution in [2.45, 2.75) is 70.8 Å². The Morgan fingerprint density at radius 2 is 1.82 bits per heavy atom. The highest BCUT2D eigenvalue weighted by Gasteiger charge is 2.19. The van der Waals surface area contributed by atoms with Crippen molar-refractivity contribution in [1.29, 1.82) is 0 Å². The number of carbonyl (C=O) groups excluding carboxylic acids is 1. The molecule has 0 radical (unpaired) electrons. The molecule has 1 fully saturated rings. The van der Waals surface area contributed by atoms with Gasteiger partial charge >= 0.3 is 0 Å². The molecule has 1 amide bonds. The van der Waals surface area contributed by atoms with Crippen molar-refractivity contribution >= 4 is 5.91 Å². The van der Waals surface area contributed by atoms with E-state index in [1.807, 2.05) is 6.92 Å². The first-order valence-electron chi connectivity index (χ1n) is 7.19. The molecule has 100 valence electrons. The van der Waals surface area contributed by atoms with Gasteiger partial charge in [-0.3, -0.25) is 4.79 Å². The molecule has 1 saturated carbocycles. The van der Waals surface area contributed by atoms with E-state index in [-0.39, 0.29) is 17.9 Å². The molecule has 17 heavy (non-hydrogen) atoms. The largest absolute Gasteiger partial charge is 0.391 e. The number of rotatable bonds is 5. The lowest BCUT2D eigenvalue weighted by atomic mass is 9.90. The van der Waals surface area contributed by atoms with Gasteiger partial charge in [0.15, 0.2) is 0 Å². The lowest BCUT2D eigenvalue weighted by Gasteiger charge is -2.20. The minimum Gasteiger partial charge on any atom is -0.391 e. The number of nitrogens with one attached hydrogen (secondary N) is 1. The molecule has 0 aromatic rings. The smallest absolute Gasteiger partial charge is 0.223 e. The SMILES string of the molecule is CCCC(O)CNC(=O)C1CCCCCCC1.